The van der Waals surface area contributed by atoms with E-state index in [0.29, 0.717) is 29.5 Å². The molecular formula is C23H25N3O6. The van der Waals surface area contributed by atoms with E-state index in [2.05, 4.69) is 10.6 Å². The predicted octanol–water partition coefficient (Wildman–Crippen LogP) is 1.12. The summed E-state index contributed by atoms with van der Waals surface area (Å²) in [5.41, 5.74) is 0.702. The van der Waals surface area contributed by atoms with Gasteiger partial charge in [0.15, 0.2) is 11.5 Å². The number of fused-ring (bicyclic) bond motifs is 1. The van der Waals surface area contributed by atoms with E-state index in [1.807, 2.05) is 12.1 Å². The Kier molecular flexibility index (Phi) is 6.44. The minimum absolute atomic E-state index is 0.110. The largest absolute Gasteiger partial charge is 0.497 e. The molecule has 168 valence electrons. The normalized spacial score (nSPS) is 19.4. The standard InChI is InChI=1S/C23H25N3O6/c1-30-17-6-4-5-16(12-17)26-13-15(11-21(26)27)22(28)24-9-10-25-23(29)20-14-31-18-7-2-3-8-19(18)32-20/h2-8,12,15,20H,9-11,13-14H2,1H3,(H,24,28)(H,25,29). The number of carbonyl (C=O) groups is 3. The van der Waals surface area contributed by atoms with Crippen molar-refractivity contribution in [2.45, 2.75) is 12.5 Å². The maximum Gasteiger partial charge on any atom is 0.264 e. The highest BCUT2D eigenvalue weighted by Gasteiger charge is 2.35. The van der Waals surface area contributed by atoms with Crippen molar-refractivity contribution in [3.63, 3.8) is 0 Å². The molecule has 3 amide bonds. The first-order valence-electron chi connectivity index (χ1n) is 10.4. The zero-order chi connectivity index (χ0) is 22.5. The molecule has 2 unspecified atom stereocenters. The second kappa shape index (κ2) is 9.59. The van der Waals surface area contributed by atoms with Crippen LogP contribution in [0.4, 0.5) is 5.69 Å². The molecule has 9 nitrogen and oxygen atoms in total. The van der Waals surface area contributed by atoms with E-state index in [0.717, 1.165) is 0 Å². The number of rotatable bonds is 7. The van der Waals surface area contributed by atoms with Crippen LogP contribution in [0.5, 0.6) is 17.2 Å². The predicted molar refractivity (Wildman–Crippen MR) is 116 cm³/mol. The third-order valence-electron chi connectivity index (χ3n) is 5.39. The van der Waals surface area contributed by atoms with Crippen LogP contribution in [0.2, 0.25) is 0 Å². The molecule has 0 radical (unpaired) electrons. The van der Waals surface area contributed by atoms with Gasteiger partial charge in [-0.15, -0.1) is 0 Å². The highest BCUT2D eigenvalue weighted by atomic mass is 16.6. The minimum Gasteiger partial charge on any atom is -0.497 e. The molecule has 0 aliphatic carbocycles. The van der Waals surface area contributed by atoms with Gasteiger partial charge in [0, 0.05) is 37.8 Å². The fourth-order valence-corrected chi connectivity index (χ4v) is 3.69. The average Bonchev–Trinajstić information content (AvgIpc) is 3.23. The van der Waals surface area contributed by atoms with Crippen molar-refractivity contribution in [1.29, 1.82) is 0 Å². The number of anilines is 1. The second-order valence-corrected chi connectivity index (χ2v) is 7.55. The van der Waals surface area contributed by atoms with Crippen LogP contribution in [-0.4, -0.2) is 57.2 Å². The SMILES string of the molecule is COc1cccc(N2CC(C(=O)NCCNC(=O)C3COc4ccccc4O3)CC2=O)c1. The van der Waals surface area contributed by atoms with Gasteiger partial charge in [-0.2, -0.15) is 0 Å². The zero-order valence-corrected chi connectivity index (χ0v) is 17.7. The number of hydrogen-bond acceptors (Lipinski definition) is 6. The summed E-state index contributed by atoms with van der Waals surface area (Å²) in [6.45, 7) is 0.918. The zero-order valence-electron chi connectivity index (χ0n) is 17.7. The number of nitrogens with zero attached hydrogens (tertiary/aromatic N) is 1. The Morgan fingerprint density at radius 1 is 1.06 bits per heavy atom. The Labute approximate surface area is 185 Å². The summed E-state index contributed by atoms with van der Waals surface area (Å²) in [5.74, 6) is 0.696. The molecule has 0 saturated carbocycles. The topological polar surface area (TPSA) is 106 Å². The number of amides is 3. The van der Waals surface area contributed by atoms with Crippen LogP contribution in [0.1, 0.15) is 6.42 Å². The highest BCUT2D eigenvalue weighted by molar-refractivity contribution is 6.00. The number of nitrogens with one attached hydrogen (secondary N) is 2. The fraction of sp³-hybridized carbons (Fsp3) is 0.348. The van der Waals surface area contributed by atoms with E-state index in [4.69, 9.17) is 14.2 Å². The van der Waals surface area contributed by atoms with E-state index in [9.17, 15) is 14.4 Å². The Hall–Kier alpha value is -3.75. The summed E-state index contributed by atoms with van der Waals surface area (Å²) in [7, 11) is 1.56. The Balaban J connectivity index is 1.21. The quantitative estimate of drug-likeness (QED) is 0.627. The first-order valence-corrected chi connectivity index (χ1v) is 10.4. The van der Waals surface area contributed by atoms with E-state index in [1.165, 1.54) is 0 Å². The van der Waals surface area contributed by atoms with Gasteiger partial charge in [0.25, 0.3) is 5.91 Å². The summed E-state index contributed by atoms with van der Waals surface area (Å²) >= 11 is 0. The van der Waals surface area contributed by atoms with Crippen LogP contribution in [-0.2, 0) is 14.4 Å². The van der Waals surface area contributed by atoms with Crippen molar-refractivity contribution in [2.75, 3.05) is 38.3 Å². The van der Waals surface area contributed by atoms with Crippen molar-refractivity contribution >= 4 is 23.4 Å². The van der Waals surface area contributed by atoms with Crippen LogP contribution in [0, 0.1) is 5.92 Å². The number of para-hydroxylation sites is 2. The Morgan fingerprint density at radius 3 is 2.59 bits per heavy atom. The molecular weight excluding hydrogens is 414 g/mol. The lowest BCUT2D eigenvalue weighted by Gasteiger charge is -2.25. The van der Waals surface area contributed by atoms with E-state index in [1.54, 1.807) is 48.4 Å². The van der Waals surface area contributed by atoms with Crippen LogP contribution >= 0.6 is 0 Å². The lowest BCUT2D eigenvalue weighted by molar-refractivity contribution is -0.130. The molecule has 0 bridgehead atoms. The second-order valence-electron chi connectivity index (χ2n) is 7.55. The van der Waals surface area contributed by atoms with Crippen molar-refractivity contribution < 1.29 is 28.6 Å². The molecule has 2 aliphatic rings. The molecule has 1 fully saturated rings. The van der Waals surface area contributed by atoms with Crippen LogP contribution in [0.25, 0.3) is 0 Å². The van der Waals surface area contributed by atoms with Gasteiger partial charge >= 0.3 is 0 Å². The van der Waals surface area contributed by atoms with Crippen LogP contribution < -0.4 is 29.7 Å². The highest BCUT2D eigenvalue weighted by Crippen LogP contribution is 2.31. The van der Waals surface area contributed by atoms with Gasteiger partial charge in [-0.25, -0.2) is 0 Å². The molecule has 2 heterocycles. The third kappa shape index (κ3) is 4.77. The molecule has 2 aromatic rings. The Bertz CT molecular complexity index is 1010. The van der Waals surface area contributed by atoms with Gasteiger partial charge in [0.1, 0.15) is 12.4 Å². The minimum atomic E-state index is -0.746. The molecule has 1 saturated heterocycles. The van der Waals surface area contributed by atoms with Crippen molar-refractivity contribution in [3.8, 4) is 17.2 Å². The van der Waals surface area contributed by atoms with Gasteiger partial charge in [-0.05, 0) is 24.3 Å². The van der Waals surface area contributed by atoms with Gasteiger partial charge in [-0.3, -0.25) is 14.4 Å². The maximum atomic E-state index is 12.5. The molecule has 2 aliphatic heterocycles. The lowest BCUT2D eigenvalue weighted by atomic mass is 10.1. The van der Waals surface area contributed by atoms with Crippen molar-refractivity contribution in [2.24, 2.45) is 5.92 Å². The van der Waals surface area contributed by atoms with Gasteiger partial charge < -0.3 is 29.7 Å². The molecule has 2 atom stereocenters. The summed E-state index contributed by atoms with van der Waals surface area (Å²) < 4.78 is 16.4. The molecule has 0 spiro atoms. The summed E-state index contributed by atoms with van der Waals surface area (Å²) in [5, 5.41) is 5.52. The average molecular weight is 439 g/mol. The molecule has 9 heteroatoms. The van der Waals surface area contributed by atoms with Gasteiger partial charge in [0.2, 0.25) is 17.9 Å². The number of methoxy groups -OCH3 is 1. The van der Waals surface area contributed by atoms with E-state index >= 15 is 0 Å². The molecule has 2 N–H and O–H groups in total. The molecule has 32 heavy (non-hydrogen) atoms. The van der Waals surface area contributed by atoms with Gasteiger partial charge in [-0.1, -0.05) is 18.2 Å². The van der Waals surface area contributed by atoms with Crippen molar-refractivity contribution in [3.05, 3.63) is 48.5 Å². The number of benzene rings is 2. The summed E-state index contributed by atoms with van der Waals surface area (Å²) in [4.78, 5) is 38.8. The van der Waals surface area contributed by atoms with E-state index < -0.39 is 12.0 Å². The molecule has 4 rings (SSSR count). The van der Waals surface area contributed by atoms with Crippen molar-refractivity contribution in [1.82, 2.24) is 10.6 Å². The maximum absolute atomic E-state index is 12.5. The smallest absolute Gasteiger partial charge is 0.264 e. The first-order chi connectivity index (χ1) is 15.5. The summed E-state index contributed by atoms with van der Waals surface area (Å²) in [6, 6.07) is 14.3. The monoisotopic (exact) mass is 439 g/mol. The Morgan fingerprint density at radius 2 is 1.81 bits per heavy atom. The third-order valence-corrected chi connectivity index (χ3v) is 5.39. The fourth-order valence-electron chi connectivity index (χ4n) is 3.69. The van der Waals surface area contributed by atoms with E-state index in [-0.39, 0.29) is 43.8 Å². The molecule has 0 aromatic heterocycles. The van der Waals surface area contributed by atoms with Crippen LogP contribution in [0.15, 0.2) is 48.5 Å². The van der Waals surface area contributed by atoms with Crippen LogP contribution in [0.3, 0.4) is 0 Å². The molecule has 2 aromatic carbocycles. The number of carbonyl (C=O) groups excluding carboxylic acids is 3. The number of hydrogen-bond donors (Lipinski definition) is 2. The summed E-state index contributed by atoms with van der Waals surface area (Å²) in [6.07, 6.45) is -0.605. The van der Waals surface area contributed by atoms with Gasteiger partial charge in [0.05, 0.1) is 13.0 Å². The number of ether oxygens (including phenoxy) is 3. The lowest BCUT2D eigenvalue weighted by Crippen LogP contribution is -2.46. The first kappa shape index (κ1) is 21.5.